The third-order valence-corrected chi connectivity index (χ3v) is 5.54. The summed E-state index contributed by atoms with van der Waals surface area (Å²) in [5, 5.41) is 11.0. The van der Waals surface area contributed by atoms with Gasteiger partial charge in [-0.1, -0.05) is 6.07 Å². The maximum Gasteiger partial charge on any atom is 0.273 e. The summed E-state index contributed by atoms with van der Waals surface area (Å²) in [4.78, 5) is 10.3. The van der Waals surface area contributed by atoms with Gasteiger partial charge in [-0.3, -0.25) is 14.4 Å². The molecule has 0 saturated heterocycles. The predicted octanol–water partition coefficient (Wildman–Crippen LogP) is 2.46. The van der Waals surface area contributed by atoms with E-state index >= 15 is 0 Å². The summed E-state index contributed by atoms with van der Waals surface area (Å²) in [6.45, 7) is 1.63. The van der Waals surface area contributed by atoms with Crippen molar-refractivity contribution in [1.29, 1.82) is 0 Å². The first-order valence-electron chi connectivity index (χ1n) is 6.94. The molecule has 0 unspecified atom stereocenters. The van der Waals surface area contributed by atoms with Crippen molar-refractivity contribution in [3.63, 3.8) is 0 Å². The van der Waals surface area contributed by atoms with E-state index in [2.05, 4.69) is 0 Å². The Hall–Kier alpha value is -2.81. The number of benzene rings is 2. The smallest absolute Gasteiger partial charge is 0.273 e. The van der Waals surface area contributed by atoms with Gasteiger partial charge in [0.15, 0.2) is 11.5 Å². The third-order valence-electron chi connectivity index (χ3n) is 3.76. The maximum atomic E-state index is 12.8. The van der Waals surface area contributed by atoms with Crippen molar-refractivity contribution in [3.05, 3.63) is 52.1 Å². The molecule has 0 fully saturated rings. The largest absolute Gasteiger partial charge is 0.454 e. The summed E-state index contributed by atoms with van der Waals surface area (Å²) in [6.07, 6.45) is 0. The van der Waals surface area contributed by atoms with Crippen molar-refractivity contribution in [2.75, 3.05) is 18.1 Å². The molecule has 1 aliphatic heterocycles. The lowest BCUT2D eigenvalue weighted by molar-refractivity contribution is -0.385. The van der Waals surface area contributed by atoms with E-state index in [0.29, 0.717) is 22.7 Å². The number of nitro benzene ring substituents is 1. The van der Waals surface area contributed by atoms with Crippen LogP contribution >= 0.6 is 0 Å². The standard InChI is InChI=1S/C15H14N2O6S/c1-10-3-5-12(8-13(10)17(18)19)24(20,21)16(2)11-4-6-14-15(7-11)23-9-22-14/h3-8H,9H2,1-2H3. The Balaban J connectivity index is 2.01. The molecule has 2 aromatic rings. The van der Waals surface area contributed by atoms with Crippen LogP contribution < -0.4 is 13.8 Å². The lowest BCUT2D eigenvalue weighted by Gasteiger charge is -2.19. The average molecular weight is 350 g/mol. The van der Waals surface area contributed by atoms with Gasteiger partial charge in [0, 0.05) is 24.7 Å². The van der Waals surface area contributed by atoms with Crippen LogP contribution in [0.3, 0.4) is 0 Å². The Labute approximate surface area is 138 Å². The molecule has 0 radical (unpaired) electrons. The van der Waals surface area contributed by atoms with Gasteiger partial charge in [-0.2, -0.15) is 0 Å². The van der Waals surface area contributed by atoms with E-state index in [0.717, 1.165) is 10.4 Å². The van der Waals surface area contributed by atoms with Gasteiger partial charge in [-0.15, -0.1) is 0 Å². The molecule has 0 bridgehead atoms. The van der Waals surface area contributed by atoms with Crippen LogP contribution in [0.1, 0.15) is 5.56 Å². The summed E-state index contributed by atoms with van der Waals surface area (Å²) >= 11 is 0. The molecule has 2 aromatic carbocycles. The number of nitrogens with zero attached hydrogens (tertiary/aromatic N) is 2. The topological polar surface area (TPSA) is 99.0 Å². The Morgan fingerprint density at radius 1 is 1.12 bits per heavy atom. The highest BCUT2D eigenvalue weighted by Crippen LogP contribution is 2.36. The number of sulfonamides is 1. The quantitative estimate of drug-likeness (QED) is 0.620. The van der Waals surface area contributed by atoms with Crippen LogP contribution in [0.2, 0.25) is 0 Å². The molecule has 0 aromatic heterocycles. The summed E-state index contributed by atoms with van der Waals surface area (Å²) < 4.78 is 37.0. The minimum Gasteiger partial charge on any atom is -0.454 e. The number of aryl methyl sites for hydroxylation is 1. The van der Waals surface area contributed by atoms with Crippen LogP contribution in [0.4, 0.5) is 11.4 Å². The zero-order chi connectivity index (χ0) is 17.5. The van der Waals surface area contributed by atoms with Gasteiger partial charge in [-0.25, -0.2) is 8.42 Å². The van der Waals surface area contributed by atoms with E-state index in [1.54, 1.807) is 25.1 Å². The van der Waals surface area contributed by atoms with Crippen molar-refractivity contribution in [1.82, 2.24) is 0 Å². The summed E-state index contributed by atoms with van der Waals surface area (Å²) in [5.41, 5.74) is 0.516. The van der Waals surface area contributed by atoms with Gasteiger partial charge in [0.1, 0.15) is 0 Å². The number of fused-ring (bicyclic) bond motifs is 1. The van der Waals surface area contributed by atoms with Crippen LogP contribution in [0.5, 0.6) is 11.5 Å². The highest BCUT2D eigenvalue weighted by atomic mass is 32.2. The number of ether oxygens (including phenoxy) is 2. The highest BCUT2D eigenvalue weighted by molar-refractivity contribution is 7.92. The molecule has 0 aliphatic carbocycles. The van der Waals surface area contributed by atoms with Crippen molar-refractivity contribution in [2.24, 2.45) is 0 Å². The second kappa shape index (κ2) is 5.68. The molecule has 0 atom stereocenters. The lowest BCUT2D eigenvalue weighted by Crippen LogP contribution is -2.26. The molecular formula is C15H14N2O6S. The first-order valence-corrected chi connectivity index (χ1v) is 8.38. The molecular weight excluding hydrogens is 336 g/mol. The van der Waals surface area contributed by atoms with Crippen molar-refractivity contribution < 1.29 is 22.8 Å². The summed E-state index contributed by atoms with van der Waals surface area (Å²) in [5.74, 6) is 0.986. The fraction of sp³-hybridized carbons (Fsp3) is 0.200. The zero-order valence-corrected chi connectivity index (χ0v) is 13.7. The normalized spacial score (nSPS) is 12.9. The number of hydrogen-bond acceptors (Lipinski definition) is 6. The van der Waals surface area contributed by atoms with Gasteiger partial charge >= 0.3 is 0 Å². The van der Waals surface area contributed by atoms with Crippen LogP contribution in [0.25, 0.3) is 0 Å². The molecule has 3 rings (SSSR count). The van der Waals surface area contributed by atoms with Gasteiger partial charge < -0.3 is 9.47 Å². The van der Waals surface area contributed by atoms with Crippen molar-refractivity contribution >= 4 is 21.4 Å². The van der Waals surface area contributed by atoms with Gasteiger partial charge in [0.2, 0.25) is 6.79 Å². The fourth-order valence-electron chi connectivity index (χ4n) is 2.32. The minimum atomic E-state index is -3.95. The monoisotopic (exact) mass is 350 g/mol. The molecule has 0 N–H and O–H groups in total. The Kier molecular flexibility index (Phi) is 3.80. The fourth-order valence-corrected chi connectivity index (χ4v) is 3.53. The number of rotatable bonds is 4. The SMILES string of the molecule is Cc1ccc(S(=O)(=O)N(C)c2ccc3c(c2)OCO3)cc1[N+](=O)[O-]. The van der Waals surface area contributed by atoms with E-state index in [1.165, 1.54) is 19.2 Å². The number of nitro groups is 1. The molecule has 1 aliphatic rings. The average Bonchev–Trinajstić information content (AvgIpc) is 3.01. The second-order valence-corrected chi connectivity index (χ2v) is 7.18. The summed E-state index contributed by atoms with van der Waals surface area (Å²) in [6, 6.07) is 8.56. The van der Waals surface area contributed by atoms with E-state index < -0.39 is 14.9 Å². The third kappa shape index (κ3) is 2.62. The van der Waals surface area contributed by atoms with Crippen LogP contribution in [0.15, 0.2) is 41.3 Å². The Morgan fingerprint density at radius 3 is 2.54 bits per heavy atom. The summed E-state index contributed by atoms with van der Waals surface area (Å²) in [7, 11) is -2.58. The zero-order valence-electron chi connectivity index (χ0n) is 12.9. The van der Waals surface area contributed by atoms with E-state index in [-0.39, 0.29) is 17.4 Å². The molecule has 1 heterocycles. The van der Waals surface area contributed by atoms with Gasteiger partial charge in [0.05, 0.1) is 15.5 Å². The Bertz CT molecular complexity index is 926. The Morgan fingerprint density at radius 2 is 1.83 bits per heavy atom. The van der Waals surface area contributed by atoms with Crippen LogP contribution in [-0.2, 0) is 10.0 Å². The maximum absolute atomic E-state index is 12.8. The van der Waals surface area contributed by atoms with Crippen LogP contribution in [0, 0.1) is 17.0 Å². The van der Waals surface area contributed by atoms with E-state index in [4.69, 9.17) is 9.47 Å². The molecule has 0 saturated carbocycles. The number of anilines is 1. The van der Waals surface area contributed by atoms with Crippen LogP contribution in [-0.4, -0.2) is 27.2 Å². The molecule has 0 spiro atoms. The van der Waals surface area contributed by atoms with Crippen molar-refractivity contribution in [3.8, 4) is 11.5 Å². The van der Waals surface area contributed by atoms with Crippen molar-refractivity contribution in [2.45, 2.75) is 11.8 Å². The molecule has 0 amide bonds. The first-order chi connectivity index (χ1) is 11.3. The minimum absolute atomic E-state index is 0.0827. The highest BCUT2D eigenvalue weighted by Gasteiger charge is 2.26. The predicted molar refractivity (Wildman–Crippen MR) is 86.0 cm³/mol. The van der Waals surface area contributed by atoms with Gasteiger partial charge in [-0.05, 0) is 25.1 Å². The second-order valence-electron chi connectivity index (χ2n) is 5.22. The first kappa shape index (κ1) is 16.1. The number of hydrogen-bond donors (Lipinski definition) is 0. The lowest BCUT2D eigenvalue weighted by atomic mass is 10.2. The van der Waals surface area contributed by atoms with E-state index in [1.807, 2.05) is 0 Å². The van der Waals surface area contributed by atoms with E-state index in [9.17, 15) is 18.5 Å². The molecule has 8 nitrogen and oxygen atoms in total. The molecule has 126 valence electrons. The molecule has 24 heavy (non-hydrogen) atoms. The van der Waals surface area contributed by atoms with Gasteiger partial charge in [0.25, 0.3) is 15.7 Å². The molecule has 9 heteroatoms.